The highest BCUT2D eigenvalue weighted by Gasteiger charge is 2.31. The third-order valence-corrected chi connectivity index (χ3v) is 4.63. The van der Waals surface area contributed by atoms with Crippen LogP contribution in [-0.2, 0) is 11.2 Å². The maximum Gasteiger partial charge on any atom is 0.319 e. The number of nitrogens with one attached hydrogen (secondary N) is 2. The van der Waals surface area contributed by atoms with Crippen molar-refractivity contribution in [2.45, 2.75) is 32.7 Å². The van der Waals surface area contributed by atoms with Gasteiger partial charge in [0.25, 0.3) is 0 Å². The van der Waals surface area contributed by atoms with Gasteiger partial charge in [0.05, 0.1) is 0 Å². The van der Waals surface area contributed by atoms with Gasteiger partial charge in [-0.05, 0) is 42.5 Å². The van der Waals surface area contributed by atoms with E-state index in [0.29, 0.717) is 12.2 Å². The molecule has 5 nitrogen and oxygen atoms in total. The number of anilines is 2. The van der Waals surface area contributed by atoms with Gasteiger partial charge in [-0.15, -0.1) is 0 Å². The van der Waals surface area contributed by atoms with E-state index in [1.165, 1.54) is 5.56 Å². The zero-order valence-electron chi connectivity index (χ0n) is 15.2. The average molecular weight is 351 g/mol. The Balaban J connectivity index is 1.74. The minimum absolute atomic E-state index is 0.0156. The summed E-state index contributed by atoms with van der Waals surface area (Å²) in [5.41, 5.74) is 2.84. The zero-order chi connectivity index (χ0) is 18.5. The van der Waals surface area contributed by atoms with Crippen LogP contribution in [0.5, 0.6) is 0 Å². The average Bonchev–Trinajstić information content (AvgIpc) is 2.65. The van der Waals surface area contributed by atoms with Gasteiger partial charge >= 0.3 is 6.03 Å². The van der Waals surface area contributed by atoms with Gasteiger partial charge in [-0.3, -0.25) is 4.79 Å². The van der Waals surface area contributed by atoms with E-state index in [9.17, 15) is 9.59 Å². The van der Waals surface area contributed by atoms with Crippen molar-refractivity contribution < 1.29 is 9.59 Å². The van der Waals surface area contributed by atoms with E-state index in [0.717, 1.165) is 18.5 Å². The Morgan fingerprint density at radius 1 is 1.00 bits per heavy atom. The summed E-state index contributed by atoms with van der Waals surface area (Å²) < 4.78 is 0. The number of hydrogen-bond acceptors (Lipinski definition) is 2. The maximum absolute atomic E-state index is 13.2. The van der Waals surface area contributed by atoms with Crippen molar-refractivity contribution in [3.05, 3.63) is 60.2 Å². The number of aryl methyl sites for hydroxylation is 1. The summed E-state index contributed by atoms with van der Waals surface area (Å²) in [4.78, 5) is 27.4. The Hall–Kier alpha value is -2.82. The lowest BCUT2D eigenvalue weighted by Crippen LogP contribution is -2.53. The highest BCUT2D eigenvalue weighted by Crippen LogP contribution is 2.27. The highest BCUT2D eigenvalue weighted by molar-refractivity contribution is 6.01. The fraction of sp³-hybridized carbons (Fsp3) is 0.333. The molecule has 1 atom stereocenters. The van der Waals surface area contributed by atoms with Gasteiger partial charge in [-0.1, -0.05) is 50.2 Å². The molecule has 0 spiro atoms. The van der Waals surface area contributed by atoms with Gasteiger partial charge in [0.2, 0.25) is 5.91 Å². The minimum Gasteiger partial charge on any atom is -0.326 e. The molecule has 3 rings (SSSR count). The lowest BCUT2D eigenvalue weighted by molar-refractivity contribution is -0.121. The normalized spacial score (nSPS) is 14.5. The van der Waals surface area contributed by atoms with Gasteiger partial charge in [0.1, 0.15) is 6.04 Å². The van der Waals surface area contributed by atoms with Crippen molar-refractivity contribution in [1.29, 1.82) is 0 Å². The SMILES string of the molecule is CC(C)[C@@H](NC(=O)Nc1ccccc1)C(=O)N1CCCc2ccccc21. The molecule has 136 valence electrons. The summed E-state index contributed by atoms with van der Waals surface area (Å²) in [5, 5.41) is 5.63. The van der Waals surface area contributed by atoms with Crippen molar-refractivity contribution in [2.75, 3.05) is 16.8 Å². The molecule has 3 amide bonds. The van der Waals surface area contributed by atoms with E-state index in [4.69, 9.17) is 0 Å². The maximum atomic E-state index is 13.2. The summed E-state index contributed by atoms with van der Waals surface area (Å²) in [6, 6.07) is 16.3. The second-order valence-corrected chi connectivity index (χ2v) is 6.91. The van der Waals surface area contributed by atoms with Crippen LogP contribution in [0.2, 0.25) is 0 Å². The topological polar surface area (TPSA) is 61.4 Å². The monoisotopic (exact) mass is 351 g/mol. The van der Waals surface area contributed by atoms with Crippen molar-refractivity contribution >= 4 is 23.3 Å². The molecule has 1 aliphatic rings. The van der Waals surface area contributed by atoms with E-state index in [2.05, 4.69) is 16.7 Å². The van der Waals surface area contributed by atoms with Crippen molar-refractivity contribution in [1.82, 2.24) is 5.32 Å². The lowest BCUT2D eigenvalue weighted by atomic mass is 9.98. The van der Waals surface area contributed by atoms with E-state index >= 15 is 0 Å². The van der Waals surface area contributed by atoms with Crippen LogP contribution in [-0.4, -0.2) is 24.5 Å². The van der Waals surface area contributed by atoms with E-state index in [-0.39, 0.29) is 17.9 Å². The number of rotatable bonds is 4. The van der Waals surface area contributed by atoms with Crippen molar-refractivity contribution in [3.63, 3.8) is 0 Å². The predicted molar refractivity (Wildman–Crippen MR) is 104 cm³/mol. The van der Waals surface area contributed by atoms with Crippen LogP contribution >= 0.6 is 0 Å². The molecule has 0 aliphatic carbocycles. The molecular weight excluding hydrogens is 326 g/mol. The molecule has 0 aromatic heterocycles. The summed E-state index contributed by atoms with van der Waals surface area (Å²) in [6.45, 7) is 4.57. The largest absolute Gasteiger partial charge is 0.326 e. The fourth-order valence-electron chi connectivity index (χ4n) is 3.27. The van der Waals surface area contributed by atoms with Crippen LogP contribution < -0.4 is 15.5 Å². The molecule has 5 heteroatoms. The number of fused-ring (bicyclic) bond motifs is 1. The molecule has 0 bridgehead atoms. The van der Waals surface area contributed by atoms with Crippen LogP contribution in [0.3, 0.4) is 0 Å². The first-order chi connectivity index (χ1) is 12.6. The Morgan fingerprint density at radius 2 is 1.69 bits per heavy atom. The molecule has 0 saturated heterocycles. The molecule has 1 aliphatic heterocycles. The Labute approximate surface area is 154 Å². The Morgan fingerprint density at radius 3 is 2.42 bits per heavy atom. The van der Waals surface area contributed by atoms with Crippen molar-refractivity contribution in [2.24, 2.45) is 5.92 Å². The minimum atomic E-state index is -0.579. The Kier molecular flexibility index (Phi) is 5.56. The summed E-state index contributed by atoms with van der Waals surface area (Å²) in [7, 11) is 0. The second kappa shape index (κ2) is 8.04. The molecule has 2 aromatic carbocycles. The van der Waals surface area contributed by atoms with Gasteiger partial charge in [-0.2, -0.15) is 0 Å². The number of carbonyl (C=O) groups excluding carboxylic acids is 2. The van der Waals surface area contributed by atoms with Gasteiger partial charge in [-0.25, -0.2) is 4.79 Å². The first-order valence-electron chi connectivity index (χ1n) is 9.08. The number of nitrogens with zero attached hydrogens (tertiary/aromatic N) is 1. The summed E-state index contributed by atoms with van der Waals surface area (Å²) in [5.74, 6) is -0.0755. The van der Waals surface area contributed by atoms with Crippen molar-refractivity contribution in [3.8, 4) is 0 Å². The van der Waals surface area contributed by atoms with Gasteiger partial charge in [0.15, 0.2) is 0 Å². The van der Waals surface area contributed by atoms with Crippen LogP contribution in [0.25, 0.3) is 0 Å². The highest BCUT2D eigenvalue weighted by atomic mass is 16.2. The molecule has 0 saturated carbocycles. The molecule has 0 radical (unpaired) electrons. The number of para-hydroxylation sites is 2. The molecule has 2 N–H and O–H groups in total. The lowest BCUT2D eigenvalue weighted by Gasteiger charge is -2.33. The molecule has 0 fully saturated rings. The van der Waals surface area contributed by atoms with Gasteiger partial charge in [0, 0.05) is 17.9 Å². The van der Waals surface area contributed by atoms with E-state index in [1.54, 1.807) is 0 Å². The summed E-state index contributed by atoms with van der Waals surface area (Å²) >= 11 is 0. The first-order valence-corrected chi connectivity index (χ1v) is 9.08. The van der Waals surface area contributed by atoms with Crippen LogP contribution in [0.1, 0.15) is 25.8 Å². The predicted octanol–water partition coefficient (Wildman–Crippen LogP) is 3.81. The number of amides is 3. The fourth-order valence-corrected chi connectivity index (χ4v) is 3.27. The zero-order valence-corrected chi connectivity index (χ0v) is 15.2. The molecule has 2 aromatic rings. The van der Waals surface area contributed by atoms with E-state index < -0.39 is 6.04 Å². The summed E-state index contributed by atoms with van der Waals surface area (Å²) in [6.07, 6.45) is 1.91. The number of benzene rings is 2. The second-order valence-electron chi connectivity index (χ2n) is 6.91. The molecular formula is C21H25N3O2. The smallest absolute Gasteiger partial charge is 0.319 e. The Bertz CT molecular complexity index is 774. The van der Waals surface area contributed by atoms with Crippen LogP contribution in [0.15, 0.2) is 54.6 Å². The number of urea groups is 1. The third-order valence-electron chi connectivity index (χ3n) is 4.63. The van der Waals surface area contributed by atoms with Crippen LogP contribution in [0, 0.1) is 5.92 Å². The number of carbonyl (C=O) groups is 2. The molecule has 0 unspecified atom stereocenters. The molecule has 26 heavy (non-hydrogen) atoms. The number of hydrogen-bond donors (Lipinski definition) is 2. The van der Waals surface area contributed by atoms with Gasteiger partial charge < -0.3 is 15.5 Å². The first kappa shape index (κ1) is 18.0. The standard InChI is InChI=1S/C21H25N3O2/c1-15(2)19(23-21(26)22-17-11-4-3-5-12-17)20(25)24-14-8-10-16-9-6-7-13-18(16)24/h3-7,9,11-13,15,19H,8,10,14H2,1-2H3,(H2,22,23,26)/t19-/m1/s1. The molecule has 1 heterocycles. The quantitative estimate of drug-likeness (QED) is 0.880. The van der Waals surface area contributed by atoms with Crippen LogP contribution in [0.4, 0.5) is 16.2 Å². The van der Waals surface area contributed by atoms with E-state index in [1.807, 2.05) is 67.3 Å². The third kappa shape index (κ3) is 4.04.